The van der Waals surface area contributed by atoms with Crippen molar-refractivity contribution in [3.63, 3.8) is 0 Å². The lowest BCUT2D eigenvalue weighted by Gasteiger charge is -2.04. The first-order valence-electron chi connectivity index (χ1n) is 4.94. The molecule has 0 aliphatic carbocycles. The lowest BCUT2D eigenvalue weighted by molar-refractivity contribution is 0.478. The van der Waals surface area contributed by atoms with Gasteiger partial charge in [0.2, 0.25) is 0 Å². The average molecular weight is 213 g/mol. The van der Waals surface area contributed by atoms with Gasteiger partial charge in [0, 0.05) is 1.43 Å². The molecule has 2 N–H and O–H groups in total. The summed E-state index contributed by atoms with van der Waals surface area (Å²) >= 11 is 0. The maximum absolute atomic E-state index is 9.90. The zero-order chi connectivity index (χ0) is 11.0. The molecule has 3 aromatic rings. The van der Waals surface area contributed by atoms with Crippen molar-refractivity contribution in [2.24, 2.45) is 0 Å². The zero-order valence-corrected chi connectivity index (χ0v) is 8.38. The van der Waals surface area contributed by atoms with E-state index in [1.807, 2.05) is 30.3 Å². The van der Waals surface area contributed by atoms with E-state index in [9.17, 15) is 5.11 Å². The SMILES string of the molecule is Oc1ccc2n[nH]nc2c1-c1ccccc1.[HH]. The number of phenols is 1. The van der Waals surface area contributed by atoms with Crippen molar-refractivity contribution in [1.82, 2.24) is 15.4 Å². The highest BCUT2D eigenvalue weighted by atomic mass is 16.3. The van der Waals surface area contributed by atoms with Crippen molar-refractivity contribution in [1.29, 1.82) is 0 Å². The predicted octanol–water partition coefficient (Wildman–Crippen LogP) is 2.58. The lowest BCUT2D eigenvalue weighted by atomic mass is 10.0. The van der Waals surface area contributed by atoms with E-state index < -0.39 is 0 Å². The van der Waals surface area contributed by atoms with Gasteiger partial charge >= 0.3 is 0 Å². The summed E-state index contributed by atoms with van der Waals surface area (Å²) in [4.78, 5) is 0. The maximum atomic E-state index is 9.90. The Morgan fingerprint density at radius 3 is 2.62 bits per heavy atom. The van der Waals surface area contributed by atoms with Gasteiger partial charge in [-0.25, -0.2) is 0 Å². The largest absolute Gasteiger partial charge is 0.507 e. The standard InChI is InChI=1S/C12H9N3O.H2/c16-10-7-6-9-12(14-15-13-9)11(10)8-4-2-1-3-5-8;/h1-7,16H,(H,13,14,15);1H. The Labute approximate surface area is 93.0 Å². The molecule has 2 aromatic carbocycles. The molecular formula is C12H11N3O. The smallest absolute Gasteiger partial charge is 0.125 e. The molecule has 0 fully saturated rings. The van der Waals surface area contributed by atoms with Gasteiger partial charge in [-0.2, -0.15) is 15.4 Å². The molecular weight excluding hydrogens is 202 g/mol. The molecule has 1 heterocycles. The number of hydrogen-bond acceptors (Lipinski definition) is 3. The third kappa shape index (κ3) is 1.24. The van der Waals surface area contributed by atoms with E-state index in [1.165, 1.54) is 0 Å². The summed E-state index contributed by atoms with van der Waals surface area (Å²) in [5, 5.41) is 20.5. The van der Waals surface area contributed by atoms with Gasteiger partial charge in [-0.1, -0.05) is 30.3 Å². The van der Waals surface area contributed by atoms with Crippen molar-refractivity contribution in [3.05, 3.63) is 42.5 Å². The first-order chi connectivity index (χ1) is 7.86. The molecule has 0 unspecified atom stereocenters. The van der Waals surface area contributed by atoms with Crippen molar-refractivity contribution in [2.75, 3.05) is 0 Å². The number of benzene rings is 2. The average Bonchev–Trinajstić information content (AvgIpc) is 2.78. The Kier molecular flexibility index (Phi) is 1.86. The highest BCUT2D eigenvalue weighted by molar-refractivity contribution is 5.94. The molecule has 0 atom stereocenters. The van der Waals surface area contributed by atoms with Crippen LogP contribution in [-0.2, 0) is 0 Å². The van der Waals surface area contributed by atoms with Gasteiger partial charge in [-0.3, -0.25) is 0 Å². The van der Waals surface area contributed by atoms with Crippen LogP contribution in [0.15, 0.2) is 42.5 Å². The van der Waals surface area contributed by atoms with Crippen LogP contribution in [0.4, 0.5) is 0 Å². The molecule has 0 aliphatic rings. The number of nitrogens with one attached hydrogen (secondary N) is 1. The number of phenolic OH excluding ortho intramolecular Hbond substituents is 1. The van der Waals surface area contributed by atoms with Crippen LogP contribution in [-0.4, -0.2) is 20.5 Å². The summed E-state index contributed by atoms with van der Waals surface area (Å²) in [7, 11) is 0. The van der Waals surface area contributed by atoms with E-state index in [-0.39, 0.29) is 7.18 Å². The number of aromatic nitrogens is 3. The molecule has 0 bridgehead atoms. The fraction of sp³-hybridized carbons (Fsp3) is 0. The number of hydrogen-bond donors (Lipinski definition) is 2. The van der Waals surface area contributed by atoms with E-state index in [4.69, 9.17) is 0 Å². The summed E-state index contributed by atoms with van der Waals surface area (Å²) in [6, 6.07) is 13.0. The van der Waals surface area contributed by atoms with Crippen LogP contribution in [0.2, 0.25) is 0 Å². The molecule has 0 spiro atoms. The molecule has 0 radical (unpaired) electrons. The minimum absolute atomic E-state index is 0. The summed E-state index contributed by atoms with van der Waals surface area (Å²) < 4.78 is 0. The van der Waals surface area contributed by atoms with E-state index in [0.29, 0.717) is 11.1 Å². The van der Waals surface area contributed by atoms with Gasteiger partial charge in [0.15, 0.2) is 0 Å². The molecule has 4 nitrogen and oxygen atoms in total. The molecule has 80 valence electrons. The highest BCUT2D eigenvalue weighted by Crippen LogP contribution is 2.34. The van der Waals surface area contributed by atoms with E-state index in [2.05, 4.69) is 15.4 Å². The van der Waals surface area contributed by atoms with Crippen LogP contribution in [0.5, 0.6) is 5.75 Å². The summed E-state index contributed by atoms with van der Waals surface area (Å²) in [6.07, 6.45) is 0. The monoisotopic (exact) mass is 213 g/mol. The fourth-order valence-corrected chi connectivity index (χ4v) is 1.79. The van der Waals surface area contributed by atoms with Gasteiger partial charge in [-0.05, 0) is 17.7 Å². The minimum Gasteiger partial charge on any atom is -0.507 e. The number of aromatic amines is 1. The number of nitrogens with zero attached hydrogens (tertiary/aromatic N) is 2. The second-order valence-electron chi connectivity index (χ2n) is 3.52. The summed E-state index contributed by atoms with van der Waals surface area (Å²) in [5.74, 6) is 0.215. The number of aromatic hydroxyl groups is 1. The van der Waals surface area contributed by atoms with Crippen molar-refractivity contribution in [2.45, 2.75) is 0 Å². The first kappa shape index (κ1) is 8.91. The Bertz CT molecular complexity index is 637. The number of fused-ring (bicyclic) bond motifs is 1. The molecule has 3 rings (SSSR count). The van der Waals surface area contributed by atoms with Crippen LogP contribution in [0.25, 0.3) is 22.2 Å². The fourth-order valence-electron chi connectivity index (χ4n) is 1.79. The van der Waals surface area contributed by atoms with Crippen LogP contribution in [0.3, 0.4) is 0 Å². The van der Waals surface area contributed by atoms with Crippen molar-refractivity contribution >= 4 is 11.0 Å². The summed E-state index contributed by atoms with van der Waals surface area (Å²) in [5.41, 5.74) is 3.08. The molecule has 0 saturated heterocycles. The van der Waals surface area contributed by atoms with Crippen LogP contribution >= 0.6 is 0 Å². The Balaban J connectivity index is 0.00000108. The van der Waals surface area contributed by atoms with Crippen LogP contribution < -0.4 is 0 Å². The zero-order valence-electron chi connectivity index (χ0n) is 8.38. The highest BCUT2D eigenvalue weighted by Gasteiger charge is 2.11. The molecule has 0 saturated carbocycles. The molecule has 1 aromatic heterocycles. The lowest BCUT2D eigenvalue weighted by Crippen LogP contribution is -1.81. The molecule has 0 aliphatic heterocycles. The third-order valence-electron chi connectivity index (χ3n) is 2.53. The molecule has 4 heteroatoms. The van der Waals surface area contributed by atoms with Crippen LogP contribution in [0.1, 0.15) is 1.43 Å². The van der Waals surface area contributed by atoms with Gasteiger partial charge in [0.25, 0.3) is 0 Å². The molecule has 16 heavy (non-hydrogen) atoms. The quantitative estimate of drug-likeness (QED) is 0.653. The maximum Gasteiger partial charge on any atom is 0.125 e. The van der Waals surface area contributed by atoms with Gasteiger partial charge < -0.3 is 5.11 Å². The second kappa shape index (κ2) is 3.34. The predicted molar refractivity (Wildman–Crippen MR) is 63.1 cm³/mol. The normalized spacial score (nSPS) is 10.8. The summed E-state index contributed by atoms with van der Waals surface area (Å²) in [6.45, 7) is 0. The van der Waals surface area contributed by atoms with Crippen molar-refractivity contribution < 1.29 is 6.53 Å². The Morgan fingerprint density at radius 2 is 1.81 bits per heavy atom. The number of rotatable bonds is 1. The first-order valence-corrected chi connectivity index (χ1v) is 4.94. The van der Waals surface area contributed by atoms with Gasteiger partial charge in [0.05, 0.1) is 5.56 Å². The van der Waals surface area contributed by atoms with E-state index in [1.54, 1.807) is 12.1 Å². The van der Waals surface area contributed by atoms with Gasteiger partial charge in [-0.15, -0.1) is 0 Å². The topological polar surface area (TPSA) is 61.8 Å². The van der Waals surface area contributed by atoms with E-state index >= 15 is 0 Å². The third-order valence-corrected chi connectivity index (χ3v) is 2.53. The minimum atomic E-state index is 0. The Morgan fingerprint density at radius 1 is 1.00 bits per heavy atom. The molecule has 0 amide bonds. The second-order valence-corrected chi connectivity index (χ2v) is 3.52. The van der Waals surface area contributed by atoms with Crippen LogP contribution in [0, 0.1) is 0 Å². The van der Waals surface area contributed by atoms with E-state index in [0.717, 1.165) is 11.1 Å². The van der Waals surface area contributed by atoms with Crippen molar-refractivity contribution in [3.8, 4) is 16.9 Å². The Hall–Kier alpha value is -2.36. The number of H-pyrrole nitrogens is 1. The van der Waals surface area contributed by atoms with Gasteiger partial charge in [0.1, 0.15) is 16.8 Å².